The maximum atomic E-state index is 14.2. The van der Waals surface area contributed by atoms with Gasteiger partial charge in [0, 0.05) is 10.9 Å². The summed E-state index contributed by atoms with van der Waals surface area (Å²) in [4.78, 5) is 24.3. The van der Waals surface area contributed by atoms with Crippen LogP contribution in [0.2, 0.25) is 0 Å². The van der Waals surface area contributed by atoms with E-state index < -0.39 is 42.4 Å². The molecule has 5 nitrogen and oxygen atoms in total. The Labute approximate surface area is 154 Å². The van der Waals surface area contributed by atoms with Crippen molar-refractivity contribution < 1.29 is 26.7 Å². The number of amides is 1. The molecule has 10 heteroatoms. The molecule has 2 aromatic carbocycles. The minimum atomic E-state index is -4.62. The lowest BCUT2D eigenvalue weighted by molar-refractivity contribution is -0.138. The summed E-state index contributed by atoms with van der Waals surface area (Å²) in [5.41, 5.74) is -1.12. The first-order valence-corrected chi connectivity index (χ1v) is 7.94. The van der Waals surface area contributed by atoms with Crippen molar-refractivity contribution in [2.75, 3.05) is 6.54 Å². The quantitative estimate of drug-likeness (QED) is 0.689. The molecule has 3 aromatic rings. The number of carbonyl (C=O) groups is 1. The van der Waals surface area contributed by atoms with Gasteiger partial charge in [0.25, 0.3) is 5.56 Å². The lowest BCUT2D eigenvalue weighted by Gasteiger charge is -2.12. The molecular weight excluding hydrogens is 385 g/mol. The zero-order valence-electron chi connectivity index (χ0n) is 14.1. The Hall–Kier alpha value is -3.30. The smallest absolute Gasteiger partial charge is 0.345 e. The second-order valence-electron chi connectivity index (χ2n) is 5.87. The maximum Gasteiger partial charge on any atom is 0.405 e. The van der Waals surface area contributed by atoms with E-state index in [4.69, 9.17) is 0 Å². The van der Waals surface area contributed by atoms with Gasteiger partial charge in [-0.25, -0.2) is 13.5 Å². The summed E-state index contributed by atoms with van der Waals surface area (Å²) >= 11 is 0. The highest BCUT2D eigenvalue weighted by Crippen LogP contribution is 2.27. The molecule has 0 bridgehead atoms. The Morgan fingerprint density at radius 2 is 1.75 bits per heavy atom. The summed E-state index contributed by atoms with van der Waals surface area (Å²) in [5.74, 6) is -2.67. The third-order valence-corrected chi connectivity index (χ3v) is 3.83. The number of nitrogens with zero attached hydrogens (tertiary/aromatic N) is 2. The van der Waals surface area contributed by atoms with Crippen LogP contribution in [0.15, 0.2) is 47.3 Å². The molecule has 0 atom stereocenters. The standard InChI is InChI=1S/C18H12F5N3O2/c19-10-5-6-14(20)13(7-10)16-11-3-1-2-4-12(11)17(28)26(25-16)8-15(27)24-9-18(21,22)23/h1-7H,8-9H2,(H,24,27). The first-order chi connectivity index (χ1) is 13.2. The van der Waals surface area contributed by atoms with Gasteiger partial charge in [-0.15, -0.1) is 0 Å². The van der Waals surface area contributed by atoms with Crippen molar-refractivity contribution in [3.63, 3.8) is 0 Å². The number of aromatic nitrogens is 2. The molecular formula is C18H12F5N3O2. The number of rotatable bonds is 4. The van der Waals surface area contributed by atoms with Gasteiger partial charge in [-0.1, -0.05) is 18.2 Å². The molecule has 0 fully saturated rings. The number of alkyl halides is 3. The second kappa shape index (κ2) is 7.37. The summed E-state index contributed by atoms with van der Waals surface area (Å²) in [5, 5.41) is 5.81. The SMILES string of the molecule is O=C(Cn1nc(-c2cc(F)ccc2F)c2ccccc2c1=O)NCC(F)(F)F. The molecule has 3 rings (SSSR count). The van der Waals surface area contributed by atoms with Crippen molar-refractivity contribution >= 4 is 16.7 Å². The van der Waals surface area contributed by atoms with Gasteiger partial charge in [0.15, 0.2) is 0 Å². The van der Waals surface area contributed by atoms with Crippen molar-refractivity contribution in [2.45, 2.75) is 12.7 Å². The van der Waals surface area contributed by atoms with Crippen LogP contribution in [0.25, 0.3) is 22.0 Å². The molecule has 0 saturated carbocycles. The number of hydrogen-bond acceptors (Lipinski definition) is 3. The summed E-state index contributed by atoms with van der Waals surface area (Å²) < 4.78 is 65.2. The van der Waals surface area contributed by atoms with Gasteiger partial charge in [-0.05, 0) is 24.3 Å². The largest absolute Gasteiger partial charge is 0.405 e. The molecule has 1 N–H and O–H groups in total. The summed E-state index contributed by atoms with van der Waals surface area (Å²) in [6, 6.07) is 8.60. The number of benzene rings is 2. The average Bonchev–Trinajstić information content (AvgIpc) is 2.64. The Bertz CT molecular complexity index is 1110. The Balaban J connectivity index is 2.10. The van der Waals surface area contributed by atoms with Gasteiger partial charge >= 0.3 is 6.18 Å². The van der Waals surface area contributed by atoms with Crippen molar-refractivity contribution in [1.29, 1.82) is 0 Å². The molecule has 0 saturated heterocycles. The van der Waals surface area contributed by atoms with Crippen molar-refractivity contribution in [1.82, 2.24) is 15.1 Å². The monoisotopic (exact) mass is 397 g/mol. The van der Waals surface area contributed by atoms with E-state index in [0.29, 0.717) is 4.68 Å². The predicted molar refractivity (Wildman–Crippen MR) is 90.4 cm³/mol. The Morgan fingerprint density at radius 3 is 2.43 bits per heavy atom. The van der Waals surface area contributed by atoms with Crippen LogP contribution in [-0.2, 0) is 11.3 Å². The van der Waals surface area contributed by atoms with Gasteiger partial charge in [-0.3, -0.25) is 9.59 Å². The fourth-order valence-corrected chi connectivity index (χ4v) is 2.61. The van der Waals surface area contributed by atoms with Gasteiger partial charge in [0.2, 0.25) is 5.91 Å². The summed E-state index contributed by atoms with van der Waals surface area (Å²) in [7, 11) is 0. The number of fused-ring (bicyclic) bond motifs is 1. The third kappa shape index (κ3) is 4.16. The normalized spacial score (nSPS) is 11.6. The number of carbonyl (C=O) groups excluding carboxylic acids is 1. The van der Waals surface area contributed by atoms with Gasteiger partial charge < -0.3 is 5.32 Å². The van der Waals surface area contributed by atoms with E-state index in [9.17, 15) is 31.5 Å². The van der Waals surface area contributed by atoms with Crippen LogP contribution in [0.3, 0.4) is 0 Å². The highest BCUT2D eigenvalue weighted by molar-refractivity contribution is 5.94. The van der Waals surface area contributed by atoms with Crippen LogP contribution in [0.5, 0.6) is 0 Å². The van der Waals surface area contributed by atoms with Gasteiger partial charge in [-0.2, -0.15) is 18.3 Å². The molecule has 1 heterocycles. The van der Waals surface area contributed by atoms with E-state index in [1.807, 2.05) is 0 Å². The van der Waals surface area contributed by atoms with Gasteiger partial charge in [0.1, 0.15) is 30.4 Å². The average molecular weight is 397 g/mol. The van der Waals surface area contributed by atoms with Crippen molar-refractivity contribution in [2.24, 2.45) is 0 Å². The zero-order valence-corrected chi connectivity index (χ0v) is 14.1. The summed E-state index contributed by atoms with van der Waals surface area (Å²) in [6.45, 7) is -2.39. The van der Waals surface area contributed by atoms with E-state index in [1.165, 1.54) is 18.2 Å². The van der Waals surface area contributed by atoms with E-state index in [2.05, 4.69) is 5.10 Å². The predicted octanol–water partition coefficient (Wildman–Crippen LogP) is 3.02. The van der Waals surface area contributed by atoms with Crippen LogP contribution in [-0.4, -0.2) is 28.4 Å². The highest BCUT2D eigenvalue weighted by atomic mass is 19.4. The van der Waals surface area contributed by atoms with Crippen LogP contribution in [0, 0.1) is 11.6 Å². The molecule has 28 heavy (non-hydrogen) atoms. The van der Waals surface area contributed by atoms with Gasteiger partial charge in [0.05, 0.1) is 5.39 Å². The fraction of sp³-hybridized carbons (Fsp3) is 0.167. The molecule has 0 radical (unpaired) electrons. The molecule has 0 aliphatic heterocycles. The molecule has 0 unspecified atom stereocenters. The van der Waals surface area contributed by atoms with Crippen LogP contribution in [0.4, 0.5) is 22.0 Å². The number of halogens is 5. The first-order valence-electron chi connectivity index (χ1n) is 7.94. The minimum Gasteiger partial charge on any atom is -0.345 e. The maximum absolute atomic E-state index is 14.2. The van der Waals surface area contributed by atoms with Crippen LogP contribution in [0.1, 0.15) is 0 Å². The fourth-order valence-electron chi connectivity index (χ4n) is 2.61. The molecule has 0 aliphatic rings. The molecule has 0 spiro atoms. The van der Waals surface area contributed by atoms with Crippen molar-refractivity contribution in [3.05, 3.63) is 64.5 Å². The third-order valence-electron chi connectivity index (χ3n) is 3.83. The zero-order chi connectivity index (χ0) is 20.5. The minimum absolute atomic E-state index is 0.0554. The molecule has 1 aromatic heterocycles. The lowest BCUT2D eigenvalue weighted by atomic mass is 10.0. The van der Waals surface area contributed by atoms with E-state index >= 15 is 0 Å². The molecule has 146 valence electrons. The second-order valence-corrected chi connectivity index (χ2v) is 5.87. The molecule has 1 amide bonds. The number of nitrogens with one attached hydrogen (secondary N) is 1. The topological polar surface area (TPSA) is 64.0 Å². The first kappa shape index (κ1) is 19.5. The van der Waals surface area contributed by atoms with E-state index in [-0.39, 0.29) is 22.0 Å². The van der Waals surface area contributed by atoms with Crippen LogP contribution < -0.4 is 10.9 Å². The highest BCUT2D eigenvalue weighted by Gasteiger charge is 2.28. The Kier molecular flexibility index (Phi) is 5.12. The van der Waals surface area contributed by atoms with E-state index in [0.717, 1.165) is 18.2 Å². The van der Waals surface area contributed by atoms with E-state index in [1.54, 1.807) is 11.4 Å². The summed E-state index contributed by atoms with van der Waals surface area (Å²) in [6.07, 6.45) is -4.62. The number of hydrogen-bond donors (Lipinski definition) is 1. The lowest BCUT2D eigenvalue weighted by Crippen LogP contribution is -2.38. The van der Waals surface area contributed by atoms with Crippen molar-refractivity contribution in [3.8, 4) is 11.3 Å². The van der Waals surface area contributed by atoms with Crippen LogP contribution >= 0.6 is 0 Å². The molecule has 0 aliphatic carbocycles. The Morgan fingerprint density at radius 1 is 1.07 bits per heavy atom.